The van der Waals surface area contributed by atoms with Crippen molar-refractivity contribution < 1.29 is 27.5 Å². The quantitative estimate of drug-likeness (QED) is 0.516. The predicted molar refractivity (Wildman–Crippen MR) is 120 cm³/mol. The Morgan fingerprint density at radius 3 is 2.70 bits per heavy atom. The summed E-state index contributed by atoms with van der Waals surface area (Å²) in [5.74, 6) is -0.461. The van der Waals surface area contributed by atoms with Crippen LogP contribution < -0.4 is 10.1 Å². The first-order valence-electron chi connectivity index (χ1n) is 10.6. The van der Waals surface area contributed by atoms with Crippen LogP contribution in [0.3, 0.4) is 0 Å². The fourth-order valence-corrected chi connectivity index (χ4v) is 3.73. The van der Waals surface area contributed by atoms with Crippen LogP contribution in [0.1, 0.15) is 43.1 Å². The Morgan fingerprint density at radius 2 is 2.03 bits per heavy atom. The van der Waals surface area contributed by atoms with E-state index in [-0.39, 0.29) is 17.4 Å². The van der Waals surface area contributed by atoms with Gasteiger partial charge in [-0.2, -0.15) is 13.2 Å². The van der Waals surface area contributed by atoms with Gasteiger partial charge < -0.3 is 14.9 Å². The van der Waals surface area contributed by atoms with Crippen molar-refractivity contribution in [2.75, 3.05) is 13.7 Å². The standard InChI is InChI=1S/C23H25ClF3N3O3/c1-14(23(25,26)27)33-21-13-28-20(11-18(21)15-7-9-17(24)10-8-15)22(31)29-12-16-5-3-4-6-19(16)30-32-2/h7-11,13-14,16H,3-6,12H2,1-2H3,(H,29,31). The SMILES string of the molecule is CON=C1CCCCC1CNC(=O)c1cc(-c2ccc(Cl)cc2)c(OC(C)C(F)(F)F)cn1. The molecule has 0 bridgehead atoms. The number of amides is 1. The smallest absolute Gasteiger partial charge is 0.425 e. The van der Waals surface area contributed by atoms with Crippen molar-refractivity contribution in [3.63, 3.8) is 0 Å². The average molecular weight is 484 g/mol. The van der Waals surface area contributed by atoms with Crippen LogP contribution in [0.2, 0.25) is 5.02 Å². The maximum absolute atomic E-state index is 13.0. The lowest BCUT2D eigenvalue weighted by Crippen LogP contribution is -2.35. The summed E-state index contributed by atoms with van der Waals surface area (Å²) < 4.78 is 44.3. The Labute approximate surface area is 195 Å². The van der Waals surface area contributed by atoms with Crippen LogP contribution in [0.15, 0.2) is 41.7 Å². The minimum Gasteiger partial charge on any atom is -0.479 e. The van der Waals surface area contributed by atoms with Crippen LogP contribution in [-0.4, -0.2) is 42.5 Å². The summed E-state index contributed by atoms with van der Waals surface area (Å²) in [7, 11) is 1.49. The van der Waals surface area contributed by atoms with Gasteiger partial charge in [0.25, 0.3) is 5.91 Å². The normalized spacial score (nSPS) is 18.6. The highest BCUT2D eigenvalue weighted by atomic mass is 35.5. The molecule has 1 aromatic heterocycles. The number of carbonyl (C=O) groups excluding carboxylic acids is 1. The van der Waals surface area contributed by atoms with E-state index in [1.807, 2.05) is 0 Å². The second-order valence-electron chi connectivity index (χ2n) is 7.79. The summed E-state index contributed by atoms with van der Waals surface area (Å²) in [5, 5.41) is 7.39. The van der Waals surface area contributed by atoms with E-state index in [1.54, 1.807) is 24.3 Å². The lowest BCUT2D eigenvalue weighted by molar-refractivity contribution is -0.189. The molecule has 2 unspecified atom stereocenters. The molecule has 0 radical (unpaired) electrons. The number of alkyl halides is 3. The molecule has 178 valence electrons. The third kappa shape index (κ3) is 6.60. The molecule has 2 atom stereocenters. The molecule has 1 aromatic carbocycles. The number of nitrogens with zero attached hydrogens (tertiary/aromatic N) is 2. The Morgan fingerprint density at radius 1 is 1.30 bits per heavy atom. The highest BCUT2D eigenvalue weighted by Crippen LogP contribution is 2.34. The van der Waals surface area contributed by atoms with Crippen molar-refractivity contribution in [1.29, 1.82) is 0 Å². The number of rotatable bonds is 7. The van der Waals surface area contributed by atoms with Crippen molar-refractivity contribution in [2.24, 2.45) is 11.1 Å². The Hall–Kier alpha value is -2.81. The van der Waals surface area contributed by atoms with Gasteiger partial charge in [0, 0.05) is 23.0 Å². The third-order valence-electron chi connectivity index (χ3n) is 5.44. The summed E-state index contributed by atoms with van der Waals surface area (Å²) in [6.45, 7) is 1.28. The van der Waals surface area contributed by atoms with Gasteiger partial charge in [0.05, 0.1) is 11.9 Å². The minimum atomic E-state index is -4.55. The molecule has 2 aromatic rings. The van der Waals surface area contributed by atoms with E-state index >= 15 is 0 Å². The second kappa shape index (κ2) is 10.9. The zero-order chi connectivity index (χ0) is 24.0. The van der Waals surface area contributed by atoms with Crippen LogP contribution in [-0.2, 0) is 4.84 Å². The zero-order valence-corrected chi connectivity index (χ0v) is 19.0. The fourth-order valence-electron chi connectivity index (χ4n) is 3.60. The first-order chi connectivity index (χ1) is 15.7. The van der Waals surface area contributed by atoms with Crippen LogP contribution in [0.25, 0.3) is 11.1 Å². The molecule has 3 rings (SSSR count). The number of hydrogen-bond donors (Lipinski definition) is 1. The van der Waals surface area contributed by atoms with Crippen molar-refractivity contribution >= 4 is 23.2 Å². The van der Waals surface area contributed by atoms with Crippen molar-refractivity contribution in [1.82, 2.24) is 10.3 Å². The molecule has 0 spiro atoms. The molecule has 1 amide bonds. The number of hydrogen-bond acceptors (Lipinski definition) is 5. The van der Waals surface area contributed by atoms with Gasteiger partial charge in [-0.3, -0.25) is 4.79 Å². The molecule has 0 aliphatic heterocycles. The summed E-state index contributed by atoms with van der Waals surface area (Å²) in [4.78, 5) is 21.8. The van der Waals surface area contributed by atoms with E-state index in [4.69, 9.17) is 21.2 Å². The van der Waals surface area contributed by atoms with Crippen LogP contribution in [0.5, 0.6) is 5.75 Å². The van der Waals surface area contributed by atoms with Gasteiger partial charge in [-0.15, -0.1) is 0 Å². The predicted octanol–water partition coefficient (Wildman–Crippen LogP) is 5.65. The van der Waals surface area contributed by atoms with E-state index in [2.05, 4.69) is 15.5 Å². The van der Waals surface area contributed by atoms with E-state index in [1.165, 1.54) is 13.2 Å². The molecule has 1 N–H and O–H groups in total. The monoisotopic (exact) mass is 483 g/mol. The number of benzene rings is 1. The Kier molecular flexibility index (Phi) is 8.18. The highest BCUT2D eigenvalue weighted by Gasteiger charge is 2.38. The van der Waals surface area contributed by atoms with Gasteiger partial charge in [-0.05, 0) is 49.9 Å². The molecule has 6 nitrogen and oxygen atoms in total. The van der Waals surface area contributed by atoms with Crippen molar-refractivity contribution in [3.05, 3.63) is 47.2 Å². The topological polar surface area (TPSA) is 72.8 Å². The lowest BCUT2D eigenvalue weighted by Gasteiger charge is -2.23. The van der Waals surface area contributed by atoms with Gasteiger partial charge in [0.2, 0.25) is 0 Å². The van der Waals surface area contributed by atoms with Crippen molar-refractivity contribution in [2.45, 2.75) is 44.9 Å². The molecule has 1 aliphatic carbocycles. The number of aromatic nitrogens is 1. The molecular weight excluding hydrogens is 459 g/mol. The molecule has 0 saturated heterocycles. The van der Waals surface area contributed by atoms with Crippen LogP contribution in [0.4, 0.5) is 13.2 Å². The molecule has 1 saturated carbocycles. The van der Waals surface area contributed by atoms with Crippen LogP contribution in [0, 0.1) is 5.92 Å². The number of nitrogens with one attached hydrogen (secondary N) is 1. The van der Waals surface area contributed by atoms with E-state index in [0.717, 1.165) is 44.5 Å². The summed E-state index contributed by atoms with van der Waals surface area (Å²) in [6.07, 6.45) is -1.70. The van der Waals surface area contributed by atoms with Gasteiger partial charge in [0.15, 0.2) is 6.10 Å². The number of halogens is 4. The third-order valence-corrected chi connectivity index (χ3v) is 5.70. The van der Waals surface area contributed by atoms with Gasteiger partial charge in [0.1, 0.15) is 18.6 Å². The molecule has 1 aliphatic rings. The molecule has 1 heterocycles. The lowest BCUT2D eigenvalue weighted by atomic mass is 9.87. The maximum atomic E-state index is 13.0. The fraction of sp³-hybridized carbons (Fsp3) is 0.435. The summed E-state index contributed by atoms with van der Waals surface area (Å²) in [6, 6.07) is 7.91. The first-order valence-corrected chi connectivity index (χ1v) is 10.9. The highest BCUT2D eigenvalue weighted by molar-refractivity contribution is 6.30. The van der Waals surface area contributed by atoms with Gasteiger partial charge in [-0.1, -0.05) is 35.3 Å². The molecule has 10 heteroatoms. The number of pyridine rings is 1. The molecular formula is C23H25ClF3N3O3. The number of carbonyl (C=O) groups is 1. The molecule has 1 fully saturated rings. The second-order valence-corrected chi connectivity index (χ2v) is 8.23. The Bertz CT molecular complexity index is 997. The number of ether oxygens (including phenoxy) is 1. The van der Waals surface area contributed by atoms with Gasteiger partial charge >= 0.3 is 6.18 Å². The maximum Gasteiger partial charge on any atom is 0.425 e. The first kappa shape index (κ1) is 24.8. The van der Waals surface area contributed by atoms with Crippen molar-refractivity contribution in [3.8, 4) is 16.9 Å². The van der Waals surface area contributed by atoms with Crippen LogP contribution >= 0.6 is 11.6 Å². The van der Waals surface area contributed by atoms with E-state index in [0.29, 0.717) is 22.7 Å². The van der Waals surface area contributed by atoms with Gasteiger partial charge in [-0.25, -0.2) is 4.98 Å². The van der Waals surface area contributed by atoms with E-state index in [9.17, 15) is 18.0 Å². The average Bonchev–Trinajstić information content (AvgIpc) is 2.78. The zero-order valence-electron chi connectivity index (χ0n) is 18.3. The number of oxime groups is 1. The molecule has 33 heavy (non-hydrogen) atoms. The largest absolute Gasteiger partial charge is 0.479 e. The minimum absolute atomic E-state index is 0.0630. The van der Waals surface area contributed by atoms with E-state index < -0.39 is 18.2 Å². The summed E-state index contributed by atoms with van der Waals surface area (Å²) in [5.41, 5.74) is 1.82. The Balaban J connectivity index is 1.83. The summed E-state index contributed by atoms with van der Waals surface area (Å²) >= 11 is 5.94.